The average Bonchev–Trinajstić information content (AvgIpc) is 2.09. The van der Waals surface area contributed by atoms with Crippen LogP contribution in [0, 0.1) is 6.92 Å². The molecule has 0 radical (unpaired) electrons. The van der Waals surface area contributed by atoms with Crippen LogP contribution in [0.4, 0.5) is 8.78 Å². The quantitative estimate of drug-likeness (QED) is 0.697. The van der Waals surface area contributed by atoms with E-state index in [-0.39, 0.29) is 5.75 Å². The maximum Gasteiger partial charge on any atom is 0.387 e. The normalized spacial score (nSPS) is 10.3. The maximum absolute atomic E-state index is 11.8. The molecule has 0 aliphatic rings. The van der Waals surface area contributed by atoms with Crippen LogP contribution in [0.5, 0.6) is 5.75 Å². The van der Waals surface area contributed by atoms with Crippen LogP contribution in [0.15, 0.2) is 18.2 Å². The molecule has 0 saturated heterocycles. The minimum atomic E-state index is -2.81. The Kier molecular flexibility index (Phi) is 3.56. The van der Waals surface area contributed by atoms with Crippen LogP contribution in [0.1, 0.15) is 11.1 Å². The molecular weight excluding hydrogens is 190 g/mol. The van der Waals surface area contributed by atoms with Crippen molar-refractivity contribution in [3.05, 3.63) is 29.3 Å². The molecule has 1 aromatic rings. The Bertz CT molecular complexity index is 324. The molecule has 0 N–H and O–H groups in total. The highest BCUT2D eigenvalue weighted by molar-refractivity contribution is 5.56. The standard InChI is InChI=1S/C10H10F2O2/c1-7-6-9(14-10(11)12)3-2-8(7)4-5-13/h2-3,5-6,10H,4H2,1H3. The van der Waals surface area contributed by atoms with Gasteiger partial charge >= 0.3 is 6.61 Å². The highest BCUT2D eigenvalue weighted by atomic mass is 19.3. The number of aldehydes is 1. The Morgan fingerprint density at radius 3 is 2.71 bits per heavy atom. The maximum atomic E-state index is 11.8. The molecule has 0 aliphatic carbocycles. The van der Waals surface area contributed by atoms with E-state index in [0.717, 1.165) is 17.4 Å². The van der Waals surface area contributed by atoms with E-state index in [0.29, 0.717) is 6.42 Å². The van der Waals surface area contributed by atoms with Gasteiger partial charge in [-0.2, -0.15) is 8.78 Å². The Morgan fingerprint density at radius 1 is 1.50 bits per heavy atom. The Labute approximate surface area is 80.5 Å². The molecule has 76 valence electrons. The minimum Gasteiger partial charge on any atom is -0.435 e. The molecule has 2 nitrogen and oxygen atoms in total. The zero-order chi connectivity index (χ0) is 10.6. The first-order valence-corrected chi connectivity index (χ1v) is 4.11. The third kappa shape index (κ3) is 2.80. The predicted octanol–water partition coefficient (Wildman–Crippen LogP) is 2.34. The molecule has 0 heterocycles. The molecule has 0 aliphatic heterocycles. The van der Waals surface area contributed by atoms with Gasteiger partial charge in [-0.05, 0) is 30.2 Å². The number of hydrogen-bond acceptors (Lipinski definition) is 2. The zero-order valence-corrected chi connectivity index (χ0v) is 7.67. The van der Waals surface area contributed by atoms with Crippen LogP contribution in [0.25, 0.3) is 0 Å². The molecule has 0 spiro atoms. The van der Waals surface area contributed by atoms with Crippen LogP contribution in [0.2, 0.25) is 0 Å². The third-order valence-electron chi connectivity index (χ3n) is 1.84. The minimum absolute atomic E-state index is 0.118. The molecule has 0 unspecified atom stereocenters. The van der Waals surface area contributed by atoms with Crippen molar-refractivity contribution in [2.24, 2.45) is 0 Å². The van der Waals surface area contributed by atoms with Gasteiger partial charge in [-0.15, -0.1) is 0 Å². The molecule has 0 bridgehead atoms. The van der Waals surface area contributed by atoms with Crippen LogP contribution in [0.3, 0.4) is 0 Å². The van der Waals surface area contributed by atoms with Gasteiger partial charge in [0.25, 0.3) is 0 Å². The monoisotopic (exact) mass is 200 g/mol. The third-order valence-corrected chi connectivity index (χ3v) is 1.84. The van der Waals surface area contributed by atoms with Gasteiger partial charge in [0.05, 0.1) is 0 Å². The summed E-state index contributed by atoms with van der Waals surface area (Å²) in [7, 11) is 0. The summed E-state index contributed by atoms with van der Waals surface area (Å²) in [6, 6.07) is 4.53. The van der Waals surface area contributed by atoms with Crippen molar-refractivity contribution in [3.63, 3.8) is 0 Å². The Hall–Kier alpha value is -1.45. The molecule has 1 rings (SSSR count). The Balaban J connectivity index is 2.83. The number of rotatable bonds is 4. The summed E-state index contributed by atoms with van der Waals surface area (Å²) in [5.41, 5.74) is 1.59. The van der Waals surface area contributed by atoms with E-state index in [2.05, 4.69) is 4.74 Å². The van der Waals surface area contributed by atoms with E-state index < -0.39 is 6.61 Å². The van der Waals surface area contributed by atoms with Gasteiger partial charge < -0.3 is 9.53 Å². The summed E-state index contributed by atoms with van der Waals surface area (Å²) < 4.78 is 27.9. The van der Waals surface area contributed by atoms with Gasteiger partial charge in [0.2, 0.25) is 0 Å². The zero-order valence-electron chi connectivity index (χ0n) is 7.67. The lowest BCUT2D eigenvalue weighted by molar-refractivity contribution is -0.107. The molecule has 0 aromatic heterocycles. The first-order valence-electron chi connectivity index (χ1n) is 4.11. The van der Waals surface area contributed by atoms with Crippen molar-refractivity contribution in [3.8, 4) is 5.75 Å². The number of carbonyl (C=O) groups excluding carboxylic acids is 1. The van der Waals surface area contributed by atoms with Crippen molar-refractivity contribution in [1.82, 2.24) is 0 Å². The van der Waals surface area contributed by atoms with Gasteiger partial charge in [-0.25, -0.2) is 0 Å². The van der Waals surface area contributed by atoms with Gasteiger partial charge in [0, 0.05) is 6.42 Å². The SMILES string of the molecule is Cc1cc(OC(F)F)ccc1CC=O. The highest BCUT2D eigenvalue weighted by Crippen LogP contribution is 2.19. The van der Waals surface area contributed by atoms with Crippen LogP contribution >= 0.6 is 0 Å². The first kappa shape index (κ1) is 10.6. The number of hydrogen-bond donors (Lipinski definition) is 0. The van der Waals surface area contributed by atoms with E-state index in [1.807, 2.05) is 0 Å². The second-order valence-corrected chi connectivity index (χ2v) is 2.84. The summed E-state index contributed by atoms with van der Waals surface area (Å²) in [6.45, 7) is -1.07. The fraction of sp³-hybridized carbons (Fsp3) is 0.300. The van der Waals surface area contributed by atoms with E-state index in [1.54, 1.807) is 13.0 Å². The molecule has 0 fully saturated rings. The first-order chi connectivity index (χ1) is 6.63. The fourth-order valence-corrected chi connectivity index (χ4v) is 1.16. The lowest BCUT2D eigenvalue weighted by atomic mass is 10.1. The predicted molar refractivity (Wildman–Crippen MR) is 47.6 cm³/mol. The van der Waals surface area contributed by atoms with Gasteiger partial charge in [0.15, 0.2) is 0 Å². The van der Waals surface area contributed by atoms with Crippen molar-refractivity contribution < 1.29 is 18.3 Å². The van der Waals surface area contributed by atoms with Crippen molar-refractivity contribution in [1.29, 1.82) is 0 Å². The van der Waals surface area contributed by atoms with Gasteiger partial charge in [-0.1, -0.05) is 6.07 Å². The number of alkyl halides is 2. The molecule has 1 aromatic carbocycles. The van der Waals surface area contributed by atoms with Gasteiger partial charge in [-0.3, -0.25) is 0 Å². The molecule has 4 heteroatoms. The van der Waals surface area contributed by atoms with E-state index in [4.69, 9.17) is 0 Å². The summed E-state index contributed by atoms with van der Waals surface area (Å²) in [5.74, 6) is 0.118. The van der Waals surface area contributed by atoms with Crippen LogP contribution in [-0.4, -0.2) is 12.9 Å². The van der Waals surface area contributed by atoms with E-state index in [1.165, 1.54) is 12.1 Å². The van der Waals surface area contributed by atoms with Gasteiger partial charge in [0.1, 0.15) is 12.0 Å². The molecule has 14 heavy (non-hydrogen) atoms. The fourth-order valence-electron chi connectivity index (χ4n) is 1.16. The van der Waals surface area contributed by atoms with E-state index in [9.17, 15) is 13.6 Å². The van der Waals surface area contributed by atoms with Crippen molar-refractivity contribution in [2.75, 3.05) is 0 Å². The topological polar surface area (TPSA) is 26.3 Å². The number of benzene rings is 1. The number of aryl methyl sites for hydroxylation is 1. The number of ether oxygens (including phenoxy) is 1. The van der Waals surface area contributed by atoms with Crippen molar-refractivity contribution in [2.45, 2.75) is 20.0 Å². The molecular formula is C10H10F2O2. The average molecular weight is 200 g/mol. The number of carbonyl (C=O) groups is 1. The smallest absolute Gasteiger partial charge is 0.387 e. The summed E-state index contributed by atoms with van der Waals surface area (Å²) in [6.07, 6.45) is 1.07. The molecule has 0 atom stereocenters. The lowest BCUT2D eigenvalue weighted by Crippen LogP contribution is -2.02. The number of halogens is 2. The summed E-state index contributed by atoms with van der Waals surface area (Å²) >= 11 is 0. The van der Waals surface area contributed by atoms with Crippen LogP contribution < -0.4 is 4.74 Å². The second-order valence-electron chi connectivity index (χ2n) is 2.84. The van der Waals surface area contributed by atoms with Crippen LogP contribution in [-0.2, 0) is 11.2 Å². The van der Waals surface area contributed by atoms with E-state index >= 15 is 0 Å². The summed E-state index contributed by atoms with van der Waals surface area (Å²) in [4.78, 5) is 10.2. The molecule has 0 amide bonds. The summed E-state index contributed by atoms with van der Waals surface area (Å²) in [5, 5.41) is 0. The Morgan fingerprint density at radius 2 is 2.21 bits per heavy atom. The highest BCUT2D eigenvalue weighted by Gasteiger charge is 2.05. The largest absolute Gasteiger partial charge is 0.435 e. The second kappa shape index (κ2) is 4.69. The lowest BCUT2D eigenvalue weighted by Gasteiger charge is -2.07. The molecule has 0 saturated carbocycles. The van der Waals surface area contributed by atoms with Crippen molar-refractivity contribution >= 4 is 6.29 Å².